The number of carbonyl (C=O) groups is 2. The second-order valence-corrected chi connectivity index (χ2v) is 18.0. The highest BCUT2D eigenvalue weighted by Crippen LogP contribution is 2.45. The lowest BCUT2D eigenvalue weighted by atomic mass is 10.1. The Morgan fingerprint density at radius 2 is 0.781 bits per heavy atom. The molecule has 17 heteroatoms. The Balaban J connectivity index is 3.96. The van der Waals surface area contributed by atoms with E-state index in [1.807, 2.05) is 42.5 Å². The predicted octanol–water partition coefficient (Wildman–Crippen LogP) is 10.2. The fourth-order valence-electron chi connectivity index (χ4n) is 5.35. The summed E-state index contributed by atoms with van der Waals surface area (Å²) >= 11 is 0. The molecule has 0 rings (SSSR count). The molecule has 0 aromatic carbocycles. The van der Waals surface area contributed by atoms with Crippen LogP contribution in [-0.4, -0.2) is 95.0 Å². The first-order valence-electron chi connectivity index (χ1n) is 23.0. The molecule has 0 aliphatic heterocycles. The molecule has 0 saturated heterocycles. The number of hydrogen-bond donors (Lipinski definition) is 5. The Labute approximate surface area is 383 Å². The van der Waals surface area contributed by atoms with E-state index in [-0.39, 0.29) is 12.8 Å². The Morgan fingerprint density at radius 3 is 1.23 bits per heavy atom. The van der Waals surface area contributed by atoms with E-state index in [0.717, 1.165) is 77.0 Å². The van der Waals surface area contributed by atoms with Gasteiger partial charge in [0, 0.05) is 12.8 Å². The largest absolute Gasteiger partial charge is 0.472 e. The quantitative estimate of drug-likeness (QED) is 0.0126. The van der Waals surface area contributed by atoms with Gasteiger partial charge in [0.25, 0.3) is 0 Å². The van der Waals surface area contributed by atoms with E-state index < -0.39 is 85.5 Å². The van der Waals surface area contributed by atoms with Crippen LogP contribution in [-0.2, 0) is 46.3 Å². The summed E-state index contributed by atoms with van der Waals surface area (Å²) in [5.41, 5.74) is 0. The van der Waals surface area contributed by atoms with Gasteiger partial charge in [0.2, 0.25) is 0 Å². The summed E-state index contributed by atoms with van der Waals surface area (Å²) in [7, 11) is -9.59. The molecule has 0 radical (unpaired) electrons. The molecule has 0 bridgehead atoms. The van der Waals surface area contributed by atoms with Crippen LogP contribution in [0, 0.1) is 0 Å². The molecule has 368 valence electrons. The number of unbranched alkanes of at least 4 members (excludes halogenated alkanes) is 12. The summed E-state index contributed by atoms with van der Waals surface area (Å²) in [6, 6.07) is 0. The molecule has 5 atom stereocenters. The third kappa shape index (κ3) is 44.4. The van der Waals surface area contributed by atoms with Crippen molar-refractivity contribution in [2.45, 2.75) is 161 Å². The monoisotopic (exact) mass is 946 g/mol. The number of aliphatic hydroxyl groups is 3. The molecule has 5 unspecified atom stereocenters. The number of allylic oxidation sites excluding steroid dienone is 14. The summed E-state index contributed by atoms with van der Waals surface area (Å²) in [5.74, 6) is -1.05. The van der Waals surface area contributed by atoms with Crippen molar-refractivity contribution in [3.05, 3.63) is 85.1 Å². The SMILES string of the molecule is CC/C=C/C=C/C=C\C=C/CCCCCC(=O)OCC(O)COP(=O)(O)OCC(O)COP(=O)(O)OCC(O)COC(=O)CCCCCCCC/C=C\C/C=C\C/C=C\CCCCC. The lowest BCUT2D eigenvalue weighted by Crippen LogP contribution is -2.25. The summed E-state index contributed by atoms with van der Waals surface area (Å²) in [6.45, 7) is 0.153. The van der Waals surface area contributed by atoms with Crippen LogP contribution in [0.3, 0.4) is 0 Å². The second-order valence-electron chi connectivity index (χ2n) is 15.1. The minimum Gasteiger partial charge on any atom is -0.463 e. The molecule has 0 amide bonds. The topological polar surface area (TPSA) is 225 Å². The van der Waals surface area contributed by atoms with Crippen LogP contribution in [0.5, 0.6) is 0 Å². The number of phosphoric acid groups is 2. The first-order chi connectivity index (χ1) is 30.8. The third-order valence-electron chi connectivity index (χ3n) is 8.93. The maximum Gasteiger partial charge on any atom is 0.472 e. The van der Waals surface area contributed by atoms with E-state index in [9.17, 15) is 43.8 Å². The fourth-order valence-corrected chi connectivity index (χ4v) is 6.94. The highest BCUT2D eigenvalue weighted by molar-refractivity contribution is 7.47. The zero-order chi connectivity index (χ0) is 47.4. The summed E-state index contributed by atoms with van der Waals surface area (Å²) in [6.07, 6.45) is 42.9. The van der Waals surface area contributed by atoms with Crippen molar-refractivity contribution in [1.82, 2.24) is 0 Å². The lowest BCUT2D eigenvalue weighted by molar-refractivity contribution is -0.148. The minimum atomic E-state index is -4.80. The van der Waals surface area contributed by atoms with Crippen LogP contribution in [0.1, 0.15) is 142 Å². The maximum absolute atomic E-state index is 12.1. The number of ether oxygens (including phenoxy) is 2. The van der Waals surface area contributed by atoms with Crippen LogP contribution < -0.4 is 0 Å². The van der Waals surface area contributed by atoms with Gasteiger partial charge >= 0.3 is 27.6 Å². The van der Waals surface area contributed by atoms with Gasteiger partial charge in [-0.2, -0.15) is 0 Å². The second kappa shape index (κ2) is 42.8. The Morgan fingerprint density at radius 1 is 0.438 bits per heavy atom. The number of phosphoric ester groups is 2. The normalized spacial score (nSPS) is 15.9. The summed E-state index contributed by atoms with van der Waals surface area (Å²) < 4.78 is 52.9. The molecule has 5 N–H and O–H groups in total. The van der Waals surface area contributed by atoms with E-state index in [4.69, 9.17) is 9.47 Å². The van der Waals surface area contributed by atoms with Crippen molar-refractivity contribution >= 4 is 27.6 Å². The highest BCUT2D eigenvalue weighted by atomic mass is 31.2. The van der Waals surface area contributed by atoms with Gasteiger partial charge < -0.3 is 34.6 Å². The zero-order valence-electron chi connectivity index (χ0n) is 38.4. The molecule has 0 spiro atoms. The van der Waals surface area contributed by atoms with Gasteiger partial charge in [-0.05, 0) is 70.6 Å². The van der Waals surface area contributed by atoms with E-state index in [2.05, 4.69) is 74.5 Å². The van der Waals surface area contributed by atoms with Gasteiger partial charge in [-0.3, -0.25) is 27.7 Å². The van der Waals surface area contributed by atoms with Crippen molar-refractivity contribution in [3.8, 4) is 0 Å². The molecule has 64 heavy (non-hydrogen) atoms. The van der Waals surface area contributed by atoms with Crippen molar-refractivity contribution in [1.29, 1.82) is 0 Å². The van der Waals surface area contributed by atoms with E-state index in [1.165, 1.54) is 25.7 Å². The number of aliphatic hydroxyl groups excluding tert-OH is 3. The summed E-state index contributed by atoms with van der Waals surface area (Å²) in [5, 5.41) is 30.0. The first-order valence-corrected chi connectivity index (χ1v) is 26.0. The third-order valence-corrected chi connectivity index (χ3v) is 10.8. The zero-order valence-corrected chi connectivity index (χ0v) is 40.2. The van der Waals surface area contributed by atoms with E-state index in [1.54, 1.807) is 0 Å². The lowest BCUT2D eigenvalue weighted by Gasteiger charge is -2.19. The van der Waals surface area contributed by atoms with Crippen LogP contribution >= 0.6 is 15.6 Å². The summed E-state index contributed by atoms with van der Waals surface area (Å²) in [4.78, 5) is 43.7. The van der Waals surface area contributed by atoms with E-state index in [0.29, 0.717) is 12.8 Å². The molecule has 0 aliphatic rings. The van der Waals surface area contributed by atoms with Gasteiger partial charge in [0.05, 0.1) is 26.4 Å². The molecule has 0 fully saturated rings. The Hall–Kier alpha value is -2.78. The average molecular weight is 947 g/mol. The molecule has 0 aromatic rings. The number of rotatable bonds is 43. The Kier molecular flexibility index (Phi) is 41.0. The minimum absolute atomic E-state index is 0.146. The smallest absolute Gasteiger partial charge is 0.463 e. The van der Waals surface area contributed by atoms with Crippen molar-refractivity contribution < 1.29 is 71.4 Å². The highest BCUT2D eigenvalue weighted by Gasteiger charge is 2.28. The predicted molar refractivity (Wildman–Crippen MR) is 251 cm³/mol. The van der Waals surface area contributed by atoms with Gasteiger partial charge in [0.1, 0.15) is 31.5 Å². The van der Waals surface area contributed by atoms with Gasteiger partial charge in [0.15, 0.2) is 0 Å². The van der Waals surface area contributed by atoms with Crippen LogP contribution in [0.4, 0.5) is 0 Å². The number of hydrogen-bond acceptors (Lipinski definition) is 13. The van der Waals surface area contributed by atoms with Crippen molar-refractivity contribution in [2.24, 2.45) is 0 Å². The van der Waals surface area contributed by atoms with Crippen molar-refractivity contribution in [3.63, 3.8) is 0 Å². The fraction of sp³-hybridized carbons (Fsp3) is 0.660. The van der Waals surface area contributed by atoms with Gasteiger partial charge in [-0.1, -0.05) is 144 Å². The Bertz CT molecular complexity index is 1470. The molecule has 0 aliphatic carbocycles. The molecular formula is C47H80O15P2. The van der Waals surface area contributed by atoms with Gasteiger partial charge in [-0.25, -0.2) is 9.13 Å². The van der Waals surface area contributed by atoms with Crippen LogP contribution in [0.25, 0.3) is 0 Å². The first kappa shape index (κ1) is 61.2. The van der Waals surface area contributed by atoms with Gasteiger partial charge in [-0.15, -0.1) is 0 Å². The standard InChI is InChI=1S/C47H80O15P2/c1-3-5-7-9-11-13-15-17-18-19-20-21-22-24-26-28-30-32-34-36-47(52)58-38-44(49)40-60-64(55,56)62-42-45(50)41-61-63(53,54)59-39-43(48)37-57-46(51)35-33-31-29-27-25-23-16-14-12-10-8-6-4-2/h6,8,10-14,16-18,20-21,23,25,43-45,48-50H,3-5,7,9,15,19,22,24,26-42H2,1-2H3,(H,53,54)(H,55,56)/b8-6+,12-10+,13-11-,16-14-,18-17-,21-20-,25-23-. The van der Waals surface area contributed by atoms with Crippen molar-refractivity contribution in [2.75, 3.05) is 39.6 Å². The molecule has 0 aromatic heterocycles. The molecule has 0 saturated carbocycles. The van der Waals surface area contributed by atoms with Crippen LogP contribution in [0.15, 0.2) is 85.1 Å². The molecular weight excluding hydrogens is 866 g/mol. The number of carbonyl (C=O) groups excluding carboxylic acids is 2. The van der Waals surface area contributed by atoms with E-state index >= 15 is 0 Å². The molecule has 0 heterocycles. The van der Waals surface area contributed by atoms with Crippen LogP contribution in [0.2, 0.25) is 0 Å². The maximum atomic E-state index is 12.1. The average Bonchev–Trinajstić information content (AvgIpc) is 3.27. The molecule has 15 nitrogen and oxygen atoms in total. The number of esters is 2.